The lowest BCUT2D eigenvalue weighted by Gasteiger charge is -2.43. The van der Waals surface area contributed by atoms with Gasteiger partial charge in [-0.1, -0.05) is 43.2 Å². The highest BCUT2D eigenvalue weighted by Crippen LogP contribution is 2.38. The van der Waals surface area contributed by atoms with Crippen molar-refractivity contribution in [2.45, 2.75) is 62.8 Å². The third-order valence-corrected chi connectivity index (χ3v) is 7.54. The van der Waals surface area contributed by atoms with E-state index < -0.39 is 0 Å². The summed E-state index contributed by atoms with van der Waals surface area (Å²) in [4.78, 5) is 28.6. The lowest BCUT2D eigenvalue weighted by Crippen LogP contribution is -2.54. The Labute approximate surface area is 168 Å². The van der Waals surface area contributed by atoms with Gasteiger partial charge in [-0.05, 0) is 43.6 Å². The summed E-state index contributed by atoms with van der Waals surface area (Å²) in [5, 5.41) is 3.23. The number of urea groups is 1. The van der Waals surface area contributed by atoms with Gasteiger partial charge in [0.25, 0.3) is 0 Å². The highest BCUT2D eigenvalue weighted by Gasteiger charge is 2.45. The lowest BCUT2D eigenvalue weighted by molar-refractivity contribution is -0.130. The molecular formula is C23H33N3O2. The first-order valence-corrected chi connectivity index (χ1v) is 10.9. The second-order valence-corrected chi connectivity index (χ2v) is 8.91. The standard InChI is InChI=1S/C23H33N3O2/c1-25-21(27)11-12-23(25)13-15-26(16-14-23)22(28)24-17-20(19-9-5-6-10-19)18-7-3-2-4-8-18/h2-4,7-8,19-20H,5-6,9-17H2,1H3,(H,24,28)/t20-/m1/s1. The third-order valence-electron chi connectivity index (χ3n) is 7.54. The first kappa shape index (κ1) is 19.3. The zero-order valence-electron chi connectivity index (χ0n) is 17.0. The van der Waals surface area contributed by atoms with Gasteiger partial charge in [0.1, 0.15) is 0 Å². The molecule has 2 heterocycles. The number of piperidine rings is 1. The van der Waals surface area contributed by atoms with Gasteiger partial charge in [-0.15, -0.1) is 0 Å². The molecule has 5 heteroatoms. The first-order chi connectivity index (χ1) is 13.6. The van der Waals surface area contributed by atoms with E-state index in [-0.39, 0.29) is 17.5 Å². The maximum Gasteiger partial charge on any atom is 0.317 e. The summed E-state index contributed by atoms with van der Waals surface area (Å²) in [5.74, 6) is 1.33. The van der Waals surface area contributed by atoms with E-state index in [1.165, 1.54) is 31.2 Å². The molecule has 1 aromatic carbocycles. The van der Waals surface area contributed by atoms with Crippen molar-refractivity contribution < 1.29 is 9.59 Å². The number of hydrogen-bond acceptors (Lipinski definition) is 2. The van der Waals surface area contributed by atoms with Crippen LogP contribution in [0, 0.1) is 5.92 Å². The predicted octanol–water partition coefficient (Wildman–Crippen LogP) is 3.76. The Morgan fingerprint density at radius 2 is 1.82 bits per heavy atom. The van der Waals surface area contributed by atoms with Crippen molar-refractivity contribution in [1.29, 1.82) is 0 Å². The lowest BCUT2D eigenvalue weighted by atomic mass is 9.84. The number of nitrogens with zero attached hydrogens (tertiary/aromatic N) is 2. The van der Waals surface area contributed by atoms with Crippen molar-refractivity contribution in [1.82, 2.24) is 15.1 Å². The maximum absolute atomic E-state index is 12.8. The van der Waals surface area contributed by atoms with Gasteiger partial charge in [0.05, 0.1) is 0 Å². The molecule has 0 bridgehead atoms. The topological polar surface area (TPSA) is 52.7 Å². The number of hydrogen-bond donors (Lipinski definition) is 1. The Hall–Kier alpha value is -2.04. The van der Waals surface area contributed by atoms with Gasteiger partial charge in [-0.2, -0.15) is 0 Å². The fourth-order valence-corrected chi connectivity index (χ4v) is 5.58. The average Bonchev–Trinajstić information content (AvgIpc) is 3.35. The maximum atomic E-state index is 12.8. The molecule has 1 atom stereocenters. The van der Waals surface area contributed by atoms with Crippen LogP contribution in [-0.4, -0.2) is 54.0 Å². The number of carbonyl (C=O) groups excluding carboxylic acids is 2. The van der Waals surface area contributed by atoms with E-state index in [0.717, 1.165) is 32.4 Å². The molecule has 4 rings (SSSR count). The molecule has 0 aromatic heterocycles. The van der Waals surface area contributed by atoms with E-state index in [1.54, 1.807) is 0 Å². The molecule has 5 nitrogen and oxygen atoms in total. The smallest absolute Gasteiger partial charge is 0.317 e. The summed E-state index contributed by atoms with van der Waals surface area (Å²) in [7, 11) is 1.93. The van der Waals surface area contributed by atoms with Crippen molar-refractivity contribution in [3.63, 3.8) is 0 Å². The quantitative estimate of drug-likeness (QED) is 0.861. The normalized spacial score (nSPS) is 23.4. The predicted molar refractivity (Wildman–Crippen MR) is 110 cm³/mol. The fraction of sp³-hybridized carbons (Fsp3) is 0.652. The molecule has 3 fully saturated rings. The van der Waals surface area contributed by atoms with Gasteiger partial charge in [0.15, 0.2) is 0 Å². The van der Waals surface area contributed by atoms with Crippen LogP contribution < -0.4 is 5.32 Å². The molecule has 1 aliphatic carbocycles. The molecule has 1 aromatic rings. The Morgan fingerprint density at radius 3 is 2.43 bits per heavy atom. The molecule has 1 N–H and O–H groups in total. The Balaban J connectivity index is 1.34. The highest BCUT2D eigenvalue weighted by molar-refractivity contribution is 5.79. The summed E-state index contributed by atoms with van der Waals surface area (Å²) in [6, 6.07) is 10.7. The van der Waals surface area contributed by atoms with Gasteiger partial charge in [-0.25, -0.2) is 4.79 Å². The molecule has 1 saturated carbocycles. The van der Waals surface area contributed by atoms with Crippen LogP contribution >= 0.6 is 0 Å². The van der Waals surface area contributed by atoms with Gasteiger partial charge >= 0.3 is 6.03 Å². The molecule has 1 spiro atoms. The molecule has 2 aliphatic heterocycles. The monoisotopic (exact) mass is 383 g/mol. The third kappa shape index (κ3) is 3.76. The zero-order valence-corrected chi connectivity index (χ0v) is 17.0. The van der Waals surface area contributed by atoms with Gasteiger partial charge in [0, 0.05) is 44.6 Å². The Kier molecular flexibility index (Phi) is 5.61. The highest BCUT2D eigenvalue weighted by atomic mass is 16.2. The van der Waals surface area contributed by atoms with E-state index in [2.05, 4.69) is 35.6 Å². The summed E-state index contributed by atoms with van der Waals surface area (Å²) < 4.78 is 0. The van der Waals surface area contributed by atoms with Crippen LogP contribution in [0.4, 0.5) is 4.79 Å². The van der Waals surface area contributed by atoms with Crippen LogP contribution in [0.25, 0.3) is 0 Å². The van der Waals surface area contributed by atoms with Crippen molar-refractivity contribution >= 4 is 11.9 Å². The minimum absolute atomic E-state index is 0.00964. The summed E-state index contributed by atoms with van der Waals surface area (Å²) in [5.41, 5.74) is 1.34. The summed E-state index contributed by atoms with van der Waals surface area (Å²) >= 11 is 0. The van der Waals surface area contributed by atoms with E-state index in [0.29, 0.717) is 24.8 Å². The molecule has 3 amide bonds. The van der Waals surface area contributed by atoms with Crippen LogP contribution in [0.3, 0.4) is 0 Å². The molecule has 152 valence electrons. The fourth-order valence-electron chi connectivity index (χ4n) is 5.58. The Morgan fingerprint density at radius 1 is 1.14 bits per heavy atom. The van der Waals surface area contributed by atoms with Crippen LogP contribution in [0.2, 0.25) is 0 Å². The van der Waals surface area contributed by atoms with Crippen molar-refractivity contribution in [3.8, 4) is 0 Å². The average molecular weight is 384 g/mol. The van der Waals surface area contributed by atoms with Crippen LogP contribution in [0.1, 0.15) is 62.8 Å². The van der Waals surface area contributed by atoms with Crippen molar-refractivity contribution in [2.24, 2.45) is 5.92 Å². The number of carbonyl (C=O) groups is 2. The van der Waals surface area contributed by atoms with Crippen LogP contribution in [0.5, 0.6) is 0 Å². The molecule has 3 aliphatic rings. The number of likely N-dealkylation sites (tertiary alicyclic amines) is 2. The number of rotatable bonds is 4. The second-order valence-electron chi connectivity index (χ2n) is 8.91. The number of amides is 3. The van der Waals surface area contributed by atoms with Crippen molar-refractivity contribution in [2.75, 3.05) is 26.7 Å². The number of benzene rings is 1. The minimum atomic E-state index is -0.00964. The zero-order chi connectivity index (χ0) is 19.6. The SMILES string of the molecule is CN1C(=O)CCC12CCN(C(=O)NC[C@H](c1ccccc1)C1CCCC1)CC2. The molecule has 28 heavy (non-hydrogen) atoms. The Bertz CT molecular complexity index is 691. The van der Waals surface area contributed by atoms with E-state index in [9.17, 15) is 9.59 Å². The van der Waals surface area contributed by atoms with Gasteiger partial charge in [-0.3, -0.25) is 4.79 Å². The molecular weight excluding hydrogens is 350 g/mol. The first-order valence-electron chi connectivity index (χ1n) is 10.9. The summed E-state index contributed by atoms with van der Waals surface area (Å²) in [6.07, 6.45) is 8.54. The summed E-state index contributed by atoms with van der Waals surface area (Å²) in [6.45, 7) is 2.19. The number of nitrogens with one attached hydrogen (secondary N) is 1. The van der Waals surface area contributed by atoms with Gasteiger partial charge in [0.2, 0.25) is 5.91 Å². The van der Waals surface area contributed by atoms with E-state index in [1.807, 2.05) is 16.8 Å². The van der Waals surface area contributed by atoms with E-state index in [4.69, 9.17) is 0 Å². The van der Waals surface area contributed by atoms with Crippen LogP contribution in [0.15, 0.2) is 30.3 Å². The van der Waals surface area contributed by atoms with Crippen LogP contribution in [-0.2, 0) is 4.79 Å². The van der Waals surface area contributed by atoms with E-state index >= 15 is 0 Å². The van der Waals surface area contributed by atoms with Crippen molar-refractivity contribution in [3.05, 3.63) is 35.9 Å². The minimum Gasteiger partial charge on any atom is -0.340 e. The molecule has 2 saturated heterocycles. The van der Waals surface area contributed by atoms with Gasteiger partial charge < -0.3 is 15.1 Å². The molecule has 0 unspecified atom stereocenters. The largest absolute Gasteiger partial charge is 0.340 e. The molecule has 0 radical (unpaired) electrons. The second kappa shape index (κ2) is 8.14.